The zero-order valence-corrected chi connectivity index (χ0v) is 6.92. The van der Waals surface area contributed by atoms with Gasteiger partial charge in [-0.05, 0) is 6.92 Å². The lowest BCUT2D eigenvalue weighted by atomic mass is 10.2. The molecule has 0 rings (SSSR count). The molecular formula is C7H12N2O2. The van der Waals surface area contributed by atoms with Gasteiger partial charge in [-0.15, -0.1) is 0 Å². The van der Waals surface area contributed by atoms with E-state index in [2.05, 4.69) is 0 Å². The van der Waals surface area contributed by atoms with E-state index in [-0.39, 0.29) is 5.91 Å². The highest BCUT2D eigenvalue weighted by molar-refractivity contribution is 5.99. The molecule has 0 heterocycles. The molecule has 4 heteroatoms. The number of primary amides is 1. The molecule has 0 spiro atoms. The molecule has 0 radical (unpaired) electrons. The van der Waals surface area contributed by atoms with Gasteiger partial charge in [-0.3, -0.25) is 9.59 Å². The van der Waals surface area contributed by atoms with Gasteiger partial charge in [-0.2, -0.15) is 0 Å². The normalized spacial score (nSPS) is 11.0. The predicted octanol–water partition coefficient (Wildman–Crippen LogP) is -0.494. The molecule has 0 bridgehead atoms. The smallest absolute Gasteiger partial charge is 0.249 e. The Bertz CT molecular complexity index is 206. The van der Waals surface area contributed by atoms with Crippen LogP contribution in [0.15, 0.2) is 11.6 Å². The topological polar surface area (TPSA) is 63.4 Å². The summed E-state index contributed by atoms with van der Waals surface area (Å²) >= 11 is 0. The minimum Gasteiger partial charge on any atom is -0.366 e. The van der Waals surface area contributed by atoms with E-state index >= 15 is 0 Å². The first kappa shape index (κ1) is 9.68. The number of amides is 2. The number of carbonyl (C=O) groups is 2. The van der Waals surface area contributed by atoms with Crippen LogP contribution < -0.4 is 5.73 Å². The molecule has 62 valence electrons. The van der Waals surface area contributed by atoms with Crippen molar-refractivity contribution in [3.05, 3.63) is 11.6 Å². The first-order chi connectivity index (χ1) is 4.95. The van der Waals surface area contributed by atoms with Crippen molar-refractivity contribution in [1.29, 1.82) is 0 Å². The Morgan fingerprint density at radius 1 is 1.36 bits per heavy atom. The quantitative estimate of drug-likeness (QED) is 0.548. The summed E-state index contributed by atoms with van der Waals surface area (Å²) in [5.41, 5.74) is 5.19. The van der Waals surface area contributed by atoms with E-state index < -0.39 is 5.91 Å². The van der Waals surface area contributed by atoms with Crippen LogP contribution >= 0.6 is 0 Å². The summed E-state index contributed by atoms with van der Waals surface area (Å²) in [7, 11) is 3.22. The first-order valence-electron chi connectivity index (χ1n) is 3.14. The molecule has 0 saturated heterocycles. The number of nitrogens with two attached hydrogens (primary N) is 1. The Morgan fingerprint density at radius 2 is 1.82 bits per heavy atom. The summed E-state index contributed by atoms with van der Waals surface area (Å²) in [5, 5.41) is 0. The van der Waals surface area contributed by atoms with Gasteiger partial charge in [0.15, 0.2) is 0 Å². The molecule has 0 aliphatic heterocycles. The third-order valence-electron chi connectivity index (χ3n) is 1.10. The van der Waals surface area contributed by atoms with Crippen molar-refractivity contribution in [2.24, 2.45) is 5.73 Å². The van der Waals surface area contributed by atoms with E-state index in [0.717, 1.165) is 6.08 Å². The van der Waals surface area contributed by atoms with Crippen LogP contribution in [0.4, 0.5) is 0 Å². The zero-order chi connectivity index (χ0) is 9.02. The highest BCUT2D eigenvalue weighted by Crippen LogP contribution is 1.95. The molecule has 0 aromatic carbocycles. The molecule has 0 aromatic rings. The van der Waals surface area contributed by atoms with Gasteiger partial charge in [-0.1, -0.05) is 0 Å². The van der Waals surface area contributed by atoms with E-state index in [4.69, 9.17) is 5.73 Å². The Morgan fingerprint density at radius 3 is 2.09 bits per heavy atom. The second kappa shape index (κ2) is 3.75. The number of hydrogen-bond donors (Lipinski definition) is 1. The third kappa shape index (κ3) is 3.40. The van der Waals surface area contributed by atoms with Crippen molar-refractivity contribution in [1.82, 2.24) is 4.90 Å². The van der Waals surface area contributed by atoms with E-state index in [1.165, 1.54) is 4.90 Å². The maximum absolute atomic E-state index is 11.0. The monoisotopic (exact) mass is 156 g/mol. The van der Waals surface area contributed by atoms with Gasteiger partial charge in [0, 0.05) is 25.7 Å². The van der Waals surface area contributed by atoms with Gasteiger partial charge >= 0.3 is 0 Å². The maximum atomic E-state index is 11.0. The van der Waals surface area contributed by atoms with Crippen LogP contribution in [0.3, 0.4) is 0 Å². The van der Waals surface area contributed by atoms with Gasteiger partial charge in [0.2, 0.25) is 11.8 Å². The van der Waals surface area contributed by atoms with Crippen LogP contribution in [0.2, 0.25) is 0 Å². The Kier molecular flexibility index (Phi) is 3.30. The molecule has 2 N–H and O–H groups in total. The molecule has 0 aliphatic rings. The lowest BCUT2D eigenvalue weighted by Crippen LogP contribution is -2.23. The summed E-state index contributed by atoms with van der Waals surface area (Å²) in [6.07, 6.45) is 1.11. The molecule has 0 aromatic heterocycles. The Balaban J connectivity index is 4.36. The zero-order valence-electron chi connectivity index (χ0n) is 6.92. The molecule has 0 unspecified atom stereocenters. The minimum atomic E-state index is -0.599. The fourth-order valence-corrected chi connectivity index (χ4v) is 0.628. The maximum Gasteiger partial charge on any atom is 0.249 e. The van der Waals surface area contributed by atoms with Crippen molar-refractivity contribution in [3.8, 4) is 0 Å². The average molecular weight is 156 g/mol. The van der Waals surface area contributed by atoms with E-state index in [9.17, 15) is 9.59 Å². The SMILES string of the molecule is C/C(=C\C(N)=O)C(=O)N(C)C. The van der Waals surface area contributed by atoms with Gasteiger partial charge in [0.05, 0.1) is 0 Å². The number of hydrogen-bond acceptors (Lipinski definition) is 2. The Hall–Kier alpha value is -1.32. The molecular weight excluding hydrogens is 144 g/mol. The van der Waals surface area contributed by atoms with Crippen molar-refractivity contribution in [3.63, 3.8) is 0 Å². The van der Waals surface area contributed by atoms with Gasteiger partial charge in [-0.25, -0.2) is 0 Å². The first-order valence-corrected chi connectivity index (χ1v) is 3.14. The number of rotatable bonds is 2. The average Bonchev–Trinajstić information content (AvgIpc) is 1.84. The lowest BCUT2D eigenvalue weighted by Gasteiger charge is -2.09. The van der Waals surface area contributed by atoms with Crippen molar-refractivity contribution < 1.29 is 9.59 Å². The highest BCUT2D eigenvalue weighted by Gasteiger charge is 2.06. The van der Waals surface area contributed by atoms with Crippen molar-refractivity contribution >= 4 is 11.8 Å². The number of nitrogens with zero attached hydrogens (tertiary/aromatic N) is 1. The van der Waals surface area contributed by atoms with E-state index in [1.54, 1.807) is 21.0 Å². The van der Waals surface area contributed by atoms with Crippen LogP contribution in [0, 0.1) is 0 Å². The van der Waals surface area contributed by atoms with Crippen LogP contribution in [0.25, 0.3) is 0 Å². The second-order valence-corrected chi connectivity index (χ2v) is 2.43. The summed E-state index contributed by atoms with van der Waals surface area (Å²) < 4.78 is 0. The highest BCUT2D eigenvalue weighted by atomic mass is 16.2. The number of likely N-dealkylation sites (N-methyl/N-ethyl adjacent to an activating group) is 1. The fourth-order valence-electron chi connectivity index (χ4n) is 0.628. The molecule has 11 heavy (non-hydrogen) atoms. The third-order valence-corrected chi connectivity index (χ3v) is 1.10. The van der Waals surface area contributed by atoms with Gasteiger partial charge in [0.1, 0.15) is 0 Å². The van der Waals surface area contributed by atoms with Crippen LogP contribution in [-0.2, 0) is 9.59 Å². The molecule has 0 saturated carbocycles. The largest absolute Gasteiger partial charge is 0.366 e. The molecule has 4 nitrogen and oxygen atoms in total. The van der Waals surface area contributed by atoms with E-state index in [0.29, 0.717) is 5.57 Å². The fraction of sp³-hybridized carbons (Fsp3) is 0.429. The molecule has 0 fully saturated rings. The summed E-state index contributed by atoms with van der Waals surface area (Å²) in [6.45, 7) is 1.55. The van der Waals surface area contributed by atoms with Crippen molar-refractivity contribution in [2.45, 2.75) is 6.92 Å². The van der Waals surface area contributed by atoms with Crippen molar-refractivity contribution in [2.75, 3.05) is 14.1 Å². The van der Waals surface area contributed by atoms with Crippen LogP contribution in [-0.4, -0.2) is 30.8 Å². The standard InChI is InChI=1S/C7H12N2O2/c1-5(4-6(8)10)7(11)9(2)3/h4H,1-3H3,(H2,8,10)/b5-4+. The summed E-state index contributed by atoms with van der Waals surface area (Å²) in [6, 6.07) is 0. The summed E-state index contributed by atoms with van der Waals surface area (Å²) in [4.78, 5) is 22.7. The van der Waals surface area contributed by atoms with Gasteiger partial charge < -0.3 is 10.6 Å². The Labute approximate surface area is 65.7 Å². The predicted molar refractivity (Wildman–Crippen MR) is 41.6 cm³/mol. The van der Waals surface area contributed by atoms with Crippen LogP contribution in [0.5, 0.6) is 0 Å². The van der Waals surface area contributed by atoms with E-state index in [1.807, 2.05) is 0 Å². The lowest BCUT2D eigenvalue weighted by molar-refractivity contribution is -0.125. The van der Waals surface area contributed by atoms with Crippen LogP contribution in [0.1, 0.15) is 6.92 Å². The molecule has 0 aliphatic carbocycles. The number of carbonyl (C=O) groups excluding carboxylic acids is 2. The second-order valence-electron chi connectivity index (χ2n) is 2.43. The molecule has 2 amide bonds. The summed E-state index contributed by atoms with van der Waals surface area (Å²) in [5.74, 6) is -0.804. The molecule has 0 atom stereocenters. The minimum absolute atomic E-state index is 0.205. The van der Waals surface area contributed by atoms with Gasteiger partial charge in [0.25, 0.3) is 0 Å².